The van der Waals surface area contributed by atoms with E-state index in [2.05, 4.69) is 50.4 Å². The molecule has 0 aromatic heterocycles. The van der Waals surface area contributed by atoms with Crippen LogP contribution in [0.1, 0.15) is 32.8 Å². The van der Waals surface area contributed by atoms with Gasteiger partial charge in [-0.05, 0) is 24.8 Å². The Bertz CT molecular complexity index is 339. The van der Waals surface area contributed by atoms with Crippen molar-refractivity contribution in [1.29, 1.82) is 0 Å². The van der Waals surface area contributed by atoms with E-state index in [0.29, 0.717) is 6.04 Å². The first-order chi connectivity index (χ1) is 8.10. The first-order valence-electron chi connectivity index (χ1n) is 6.53. The highest BCUT2D eigenvalue weighted by Gasteiger charge is 2.33. The lowest BCUT2D eigenvalue weighted by Gasteiger charge is -2.39. The smallest absolute Gasteiger partial charge is 0.103 e. The van der Waals surface area contributed by atoms with E-state index in [1.807, 2.05) is 6.07 Å². The summed E-state index contributed by atoms with van der Waals surface area (Å²) in [7, 11) is 0. The Balaban J connectivity index is 1.98. The van der Waals surface area contributed by atoms with Crippen LogP contribution in [0.15, 0.2) is 30.3 Å². The highest BCUT2D eigenvalue weighted by Crippen LogP contribution is 2.28. The fraction of sp³-hybridized carbons (Fsp3) is 0.600. The third kappa shape index (κ3) is 3.08. The second kappa shape index (κ2) is 5.19. The van der Waals surface area contributed by atoms with E-state index in [1.54, 1.807) is 0 Å². The number of hydrogen-bond acceptors (Lipinski definition) is 2. The van der Waals surface area contributed by atoms with Crippen LogP contribution >= 0.6 is 0 Å². The van der Waals surface area contributed by atoms with Crippen LogP contribution < -0.4 is 5.32 Å². The Labute approximate surface area is 104 Å². The second-order valence-electron chi connectivity index (χ2n) is 5.62. The molecule has 2 atom stereocenters. The van der Waals surface area contributed by atoms with Gasteiger partial charge in [-0.15, -0.1) is 0 Å². The molecule has 94 valence electrons. The molecular formula is C15H23NO. The zero-order valence-corrected chi connectivity index (χ0v) is 11.1. The fourth-order valence-electron chi connectivity index (χ4n) is 2.43. The van der Waals surface area contributed by atoms with Crippen molar-refractivity contribution in [3.05, 3.63) is 35.9 Å². The van der Waals surface area contributed by atoms with Gasteiger partial charge in [0, 0.05) is 12.6 Å². The maximum Gasteiger partial charge on any atom is 0.103 e. The predicted octanol–water partition coefficient (Wildman–Crippen LogP) is 2.94. The quantitative estimate of drug-likeness (QED) is 0.866. The molecule has 0 bridgehead atoms. The number of hydrogen-bond donors (Lipinski definition) is 1. The number of nitrogens with one attached hydrogen (secondary N) is 1. The summed E-state index contributed by atoms with van der Waals surface area (Å²) in [5.41, 5.74) is 1.09. The Morgan fingerprint density at radius 3 is 2.59 bits per heavy atom. The molecule has 2 heteroatoms. The summed E-state index contributed by atoms with van der Waals surface area (Å²) in [5.74, 6) is 0.720. The van der Waals surface area contributed by atoms with Crippen LogP contribution in [0, 0.1) is 5.92 Å². The lowest BCUT2D eigenvalue weighted by Crippen LogP contribution is -2.51. The summed E-state index contributed by atoms with van der Waals surface area (Å²) in [5, 5.41) is 3.61. The highest BCUT2D eigenvalue weighted by molar-refractivity contribution is 5.22. The van der Waals surface area contributed by atoms with Gasteiger partial charge in [-0.25, -0.2) is 0 Å². The summed E-state index contributed by atoms with van der Waals surface area (Å²) in [6.07, 6.45) is 1.19. The molecular weight excluding hydrogens is 210 g/mol. The molecule has 0 saturated carbocycles. The Morgan fingerprint density at radius 1 is 1.35 bits per heavy atom. The molecule has 17 heavy (non-hydrogen) atoms. The van der Waals surface area contributed by atoms with E-state index in [1.165, 1.54) is 12.0 Å². The maximum absolute atomic E-state index is 6.10. The van der Waals surface area contributed by atoms with E-state index in [4.69, 9.17) is 4.74 Å². The molecule has 1 fully saturated rings. The molecule has 1 aromatic rings. The molecule has 1 heterocycles. The van der Waals surface area contributed by atoms with Gasteiger partial charge >= 0.3 is 0 Å². The average Bonchev–Trinajstić information content (AvgIpc) is 2.33. The Kier molecular flexibility index (Phi) is 3.85. The van der Waals surface area contributed by atoms with Crippen molar-refractivity contribution >= 4 is 0 Å². The van der Waals surface area contributed by atoms with Crippen molar-refractivity contribution in [1.82, 2.24) is 5.32 Å². The first kappa shape index (κ1) is 12.6. The SMILES string of the molecule is CC(C)CC1COC(C)(c2ccccc2)CN1. The first-order valence-corrected chi connectivity index (χ1v) is 6.53. The zero-order valence-electron chi connectivity index (χ0n) is 11.1. The van der Waals surface area contributed by atoms with E-state index >= 15 is 0 Å². The lowest BCUT2D eigenvalue weighted by molar-refractivity contribution is -0.0782. The third-order valence-electron chi connectivity index (χ3n) is 3.47. The second-order valence-corrected chi connectivity index (χ2v) is 5.62. The Hall–Kier alpha value is -0.860. The molecule has 1 saturated heterocycles. The molecule has 2 rings (SSSR count). The summed E-state index contributed by atoms with van der Waals surface area (Å²) in [6.45, 7) is 8.39. The largest absolute Gasteiger partial charge is 0.368 e. The van der Waals surface area contributed by atoms with Gasteiger partial charge in [0.25, 0.3) is 0 Å². The molecule has 1 aliphatic rings. The fourth-order valence-corrected chi connectivity index (χ4v) is 2.43. The van der Waals surface area contributed by atoms with Crippen molar-refractivity contribution in [3.8, 4) is 0 Å². The van der Waals surface area contributed by atoms with Gasteiger partial charge < -0.3 is 10.1 Å². The van der Waals surface area contributed by atoms with Crippen molar-refractivity contribution in [3.63, 3.8) is 0 Å². The minimum Gasteiger partial charge on any atom is -0.368 e. The summed E-state index contributed by atoms with van der Waals surface area (Å²) in [4.78, 5) is 0. The van der Waals surface area contributed by atoms with Crippen molar-refractivity contribution in [2.45, 2.75) is 38.8 Å². The van der Waals surface area contributed by atoms with E-state index in [9.17, 15) is 0 Å². The minimum absolute atomic E-state index is 0.172. The van der Waals surface area contributed by atoms with Gasteiger partial charge in [0.1, 0.15) is 5.60 Å². The minimum atomic E-state index is -0.172. The number of rotatable bonds is 3. The molecule has 1 N–H and O–H groups in total. The van der Waals surface area contributed by atoms with Crippen LogP contribution in [-0.4, -0.2) is 19.2 Å². The number of ether oxygens (including phenoxy) is 1. The molecule has 2 nitrogen and oxygen atoms in total. The monoisotopic (exact) mass is 233 g/mol. The standard InChI is InChI=1S/C15H23NO/c1-12(2)9-14-10-17-15(3,11-16-14)13-7-5-4-6-8-13/h4-8,12,14,16H,9-11H2,1-3H3. The van der Waals surface area contributed by atoms with Gasteiger partial charge in [0.2, 0.25) is 0 Å². The average molecular weight is 233 g/mol. The molecule has 0 radical (unpaired) electrons. The number of morpholine rings is 1. The van der Waals surface area contributed by atoms with Crippen LogP contribution in [0.3, 0.4) is 0 Å². The topological polar surface area (TPSA) is 21.3 Å². The molecule has 0 aliphatic carbocycles. The molecule has 1 aromatic carbocycles. The molecule has 2 unspecified atom stereocenters. The summed E-state index contributed by atoms with van der Waals surface area (Å²) < 4.78 is 6.10. The predicted molar refractivity (Wildman–Crippen MR) is 71.0 cm³/mol. The zero-order chi connectivity index (χ0) is 12.3. The van der Waals surface area contributed by atoms with Crippen LogP contribution in [0.2, 0.25) is 0 Å². The van der Waals surface area contributed by atoms with E-state index < -0.39 is 0 Å². The molecule has 0 spiro atoms. The van der Waals surface area contributed by atoms with E-state index in [-0.39, 0.29) is 5.60 Å². The third-order valence-corrected chi connectivity index (χ3v) is 3.47. The van der Waals surface area contributed by atoms with Gasteiger partial charge in [-0.1, -0.05) is 44.2 Å². The van der Waals surface area contributed by atoms with Crippen molar-refractivity contribution < 1.29 is 4.74 Å². The van der Waals surface area contributed by atoms with Gasteiger partial charge in [-0.3, -0.25) is 0 Å². The Morgan fingerprint density at radius 2 is 2.06 bits per heavy atom. The normalized spacial score (nSPS) is 29.5. The summed E-state index contributed by atoms with van der Waals surface area (Å²) >= 11 is 0. The van der Waals surface area contributed by atoms with Gasteiger partial charge in [-0.2, -0.15) is 0 Å². The highest BCUT2D eigenvalue weighted by atomic mass is 16.5. The van der Waals surface area contributed by atoms with E-state index in [0.717, 1.165) is 19.1 Å². The molecule has 1 aliphatic heterocycles. The van der Waals surface area contributed by atoms with Gasteiger partial charge in [0.15, 0.2) is 0 Å². The van der Waals surface area contributed by atoms with Gasteiger partial charge in [0.05, 0.1) is 6.61 Å². The van der Waals surface area contributed by atoms with Crippen molar-refractivity contribution in [2.75, 3.05) is 13.2 Å². The number of benzene rings is 1. The summed E-state index contributed by atoms with van der Waals surface area (Å²) in [6, 6.07) is 11.0. The van der Waals surface area contributed by atoms with Crippen molar-refractivity contribution in [2.24, 2.45) is 5.92 Å². The van der Waals surface area contributed by atoms with Crippen LogP contribution in [-0.2, 0) is 10.3 Å². The van der Waals surface area contributed by atoms with Crippen LogP contribution in [0.5, 0.6) is 0 Å². The molecule has 0 amide bonds. The maximum atomic E-state index is 6.10. The lowest BCUT2D eigenvalue weighted by atomic mass is 9.92. The van der Waals surface area contributed by atoms with Crippen LogP contribution in [0.25, 0.3) is 0 Å². The van der Waals surface area contributed by atoms with Crippen LogP contribution in [0.4, 0.5) is 0 Å².